The largest absolute Gasteiger partial charge is 0.492 e. The van der Waals surface area contributed by atoms with Gasteiger partial charge < -0.3 is 19.2 Å². The van der Waals surface area contributed by atoms with Crippen LogP contribution in [0.3, 0.4) is 0 Å². The molecule has 1 fully saturated rings. The van der Waals surface area contributed by atoms with Gasteiger partial charge in [0.05, 0.1) is 6.54 Å². The van der Waals surface area contributed by atoms with Crippen molar-refractivity contribution >= 4 is 16.9 Å². The lowest BCUT2D eigenvalue weighted by molar-refractivity contribution is 0.0921. The summed E-state index contributed by atoms with van der Waals surface area (Å²) in [4.78, 5) is 14.8. The van der Waals surface area contributed by atoms with Crippen LogP contribution in [0.15, 0.2) is 52.9 Å². The third-order valence-electron chi connectivity index (χ3n) is 5.26. The Kier molecular flexibility index (Phi) is 6.54. The van der Waals surface area contributed by atoms with E-state index in [2.05, 4.69) is 10.2 Å². The van der Waals surface area contributed by atoms with Crippen LogP contribution in [0.25, 0.3) is 11.0 Å². The third kappa shape index (κ3) is 5.33. The van der Waals surface area contributed by atoms with Crippen molar-refractivity contribution in [2.75, 3.05) is 39.4 Å². The van der Waals surface area contributed by atoms with E-state index in [4.69, 9.17) is 13.9 Å². The van der Waals surface area contributed by atoms with E-state index in [1.165, 1.54) is 31.5 Å². The summed E-state index contributed by atoms with van der Waals surface area (Å²) < 4.78 is 17.2. The maximum absolute atomic E-state index is 12.4. The van der Waals surface area contributed by atoms with Crippen LogP contribution in [0, 0.1) is 6.92 Å². The molecule has 4 rings (SSSR count). The number of carbonyl (C=O) groups is 1. The zero-order chi connectivity index (χ0) is 20.8. The first-order valence-electron chi connectivity index (χ1n) is 10.5. The lowest BCUT2D eigenvalue weighted by Crippen LogP contribution is -2.27. The molecule has 1 N–H and O–H groups in total. The first-order chi connectivity index (χ1) is 14.7. The van der Waals surface area contributed by atoms with Crippen molar-refractivity contribution in [3.05, 3.63) is 59.9 Å². The second kappa shape index (κ2) is 9.67. The standard InChI is InChI=1S/C24H28N2O4/c1-18-4-6-20(7-5-18)28-14-10-25-24(27)23-17-19-16-21(8-9-22(19)30-23)29-15-13-26-11-2-3-12-26/h4-9,16-17H,2-3,10-15H2,1H3,(H,25,27). The van der Waals surface area contributed by atoms with E-state index in [0.29, 0.717) is 25.3 Å². The van der Waals surface area contributed by atoms with E-state index in [9.17, 15) is 4.79 Å². The van der Waals surface area contributed by atoms with Crippen molar-refractivity contribution in [2.24, 2.45) is 0 Å². The van der Waals surface area contributed by atoms with Crippen LogP contribution in [0.4, 0.5) is 0 Å². The SMILES string of the molecule is Cc1ccc(OCCNC(=O)c2cc3cc(OCCN4CCCC4)ccc3o2)cc1. The van der Waals surface area contributed by atoms with Gasteiger partial charge in [-0.1, -0.05) is 17.7 Å². The molecule has 0 spiro atoms. The van der Waals surface area contributed by atoms with Crippen LogP contribution in [0.1, 0.15) is 29.0 Å². The summed E-state index contributed by atoms with van der Waals surface area (Å²) >= 11 is 0. The number of likely N-dealkylation sites (tertiary alicyclic amines) is 1. The predicted octanol–water partition coefficient (Wildman–Crippen LogP) is 4.02. The van der Waals surface area contributed by atoms with Crippen LogP contribution in [-0.4, -0.2) is 50.2 Å². The third-order valence-corrected chi connectivity index (χ3v) is 5.26. The lowest BCUT2D eigenvalue weighted by atomic mass is 10.2. The Morgan fingerprint density at radius 2 is 1.73 bits per heavy atom. The van der Waals surface area contributed by atoms with E-state index < -0.39 is 0 Å². The molecule has 1 aliphatic rings. The number of hydrogen-bond acceptors (Lipinski definition) is 5. The Balaban J connectivity index is 1.25. The number of furan rings is 1. The maximum atomic E-state index is 12.4. The minimum absolute atomic E-state index is 0.254. The van der Waals surface area contributed by atoms with E-state index in [1.54, 1.807) is 6.07 Å². The van der Waals surface area contributed by atoms with Gasteiger partial charge in [0.2, 0.25) is 0 Å². The topological polar surface area (TPSA) is 63.9 Å². The molecule has 1 aliphatic heterocycles. The number of amides is 1. The van der Waals surface area contributed by atoms with Gasteiger partial charge >= 0.3 is 0 Å². The van der Waals surface area contributed by atoms with Gasteiger partial charge in [0.25, 0.3) is 5.91 Å². The van der Waals surface area contributed by atoms with Crippen LogP contribution in [0.2, 0.25) is 0 Å². The second-order valence-electron chi connectivity index (χ2n) is 7.62. The van der Waals surface area contributed by atoms with E-state index >= 15 is 0 Å². The highest BCUT2D eigenvalue weighted by Gasteiger charge is 2.13. The van der Waals surface area contributed by atoms with Gasteiger partial charge in [-0.2, -0.15) is 0 Å². The average Bonchev–Trinajstić information content (AvgIpc) is 3.42. The molecule has 1 aromatic heterocycles. The molecule has 30 heavy (non-hydrogen) atoms. The van der Waals surface area contributed by atoms with E-state index in [0.717, 1.165) is 23.4 Å². The number of ether oxygens (including phenoxy) is 2. The Bertz CT molecular complexity index is 975. The maximum Gasteiger partial charge on any atom is 0.287 e. The summed E-state index contributed by atoms with van der Waals surface area (Å²) in [5, 5.41) is 3.68. The molecule has 0 atom stereocenters. The van der Waals surface area contributed by atoms with Crippen molar-refractivity contribution in [2.45, 2.75) is 19.8 Å². The molecular formula is C24H28N2O4. The monoisotopic (exact) mass is 408 g/mol. The summed E-state index contributed by atoms with van der Waals surface area (Å²) in [6, 6.07) is 15.2. The minimum Gasteiger partial charge on any atom is -0.492 e. The molecular weight excluding hydrogens is 380 g/mol. The van der Waals surface area contributed by atoms with Crippen molar-refractivity contribution in [1.82, 2.24) is 10.2 Å². The first kappa shape index (κ1) is 20.3. The van der Waals surface area contributed by atoms with Gasteiger partial charge in [-0.25, -0.2) is 0 Å². The highest BCUT2D eigenvalue weighted by atomic mass is 16.5. The smallest absolute Gasteiger partial charge is 0.287 e. The quantitative estimate of drug-likeness (QED) is 0.542. The predicted molar refractivity (Wildman–Crippen MR) is 116 cm³/mol. The average molecular weight is 408 g/mol. The molecule has 0 saturated carbocycles. The zero-order valence-electron chi connectivity index (χ0n) is 17.4. The summed E-state index contributed by atoms with van der Waals surface area (Å²) in [6.45, 7) is 6.76. The Labute approximate surface area is 176 Å². The minimum atomic E-state index is -0.254. The van der Waals surface area contributed by atoms with Gasteiger partial charge in [-0.05, 0) is 69.3 Å². The van der Waals surface area contributed by atoms with Crippen molar-refractivity contribution in [3.8, 4) is 11.5 Å². The molecule has 158 valence electrons. The molecule has 0 bridgehead atoms. The molecule has 1 amide bonds. The molecule has 3 aromatic rings. The fraction of sp³-hybridized carbons (Fsp3) is 0.375. The molecule has 1 saturated heterocycles. The van der Waals surface area contributed by atoms with Crippen molar-refractivity contribution < 1.29 is 18.7 Å². The molecule has 0 radical (unpaired) electrons. The van der Waals surface area contributed by atoms with Crippen LogP contribution < -0.4 is 14.8 Å². The molecule has 2 aromatic carbocycles. The number of carbonyl (C=O) groups excluding carboxylic acids is 1. The number of nitrogens with zero attached hydrogens (tertiary/aromatic N) is 1. The van der Waals surface area contributed by atoms with Gasteiger partial charge in [0, 0.05) is 11.9 Å². The number of rotatable bonds is 9. The van der Waals surface area contributed by atoms with Crippen molar-refractivity contribution in [3.63, 3.8) is 0 Å². The molecule has 6 heteroatoms. The highest BCUT2D eigenvalue weighted by Crippen LogP contribution is 2.24. The number of benzene rings is 2. The number of aryl methyl sites for hydroxylation is 1. The Morgan fingerprint density at radius 3 is 2.53 bits per heavy atom. The van der Waals surface area contributed by atoms with Crippen LogP contribution in [0.5, 0.6) is 11.5 Å². The number of hydrogen-bond donors (Lipinski definition) is 1. The van der Waals surface area contributed by atoms with E-state index in [-0.39, 0.29) is 11.7 Å². The summed E-state index contributed by atoms with van der Waals surface area (Å²) in [7, 11) is 0. The first-order valence-corrected chi connectivity index (χ1v) is 10.5. The molecule has 0 aliphatic carbocycles. The number of fused-ring (bicyclic) bond motifs is 1. The van der Waals surface area contributed by atoms with Gasteiger partial charge in [0.15, 0.2) is 5.76 Å². The fourth-order valence-electron chi connectivity index (χ4n) is 3.58. The molecule has 2 heterocycles. The van der Waals surface area contributed by atoms with Crippen LogP contribution in [-0.2, 0) is 0 Å². The van der Waals surface area contributed by atoms with Gasteiger partial charge in [0.1, 0.15) is 30.3 Å². The number of nitrogens with one attached hydrogen (secondary N) is 1. The van der Waals surface area contributed by atoms with Gasteiger partial charge in [-0.3, -0.25) is 9.69 Å². The Hall–Kier alpha value is -2.99. The Morgan fingerprint density at radius 1 is 1.00 bits per heavy atom. The molecule has 0 unspecified atom stereocenters. The van der Waals surface area contributed by atoms with Crippen LogP contribution >= 0.6 is 0 Å². The lowest BCUT2D eigenvalue weighted by Gasteiger charge is -2.14. The normalized spacial score (nSPS) is 14.2. The van der Waals surface area contributed by atoms with E-state index in [1.807, 2.05) is 49.4 Å². The van der Waals surface area contributed by atoms with Gasteiger partial charge in [-0.15, -0.1) is 0 Å². The summed E-state index contributed by atoms with van der Waals surface area (Å²) in [5.41, 5.74) is 1.85. The highest BCUT2D eigenvalue weighted by molar-refractivity contribution is 5.96. The fourth-order valence-corrected chi connectivity index (χ4v) is 3.58. The molecule has 6 nitrogen and oxygen atoms in total. The summed E-state index contributed by atoms with van der Waals surface area (Å²) in [6.07, 6.45) is 2.56. The van der Waals surface area contributed by atoms with Crippen molar-refractivity contribution in [1.29, 1.82) is 0 Å². The zero-order valence-corrected chi connectivity index (χ0v) is 17.4. The second-order valence-corrected chi connectivity index (χ2v) is 7.62. The summed E-state index contributed by atoms with van der Waals surface area (Å²) in [5.74, 6) is 1.61.